The molecule has 0 spiro atoms. The molecule has 0 N–H and O–H groups in total. The minimum atomic E-state index is -0.762. The highest BCUT2D eigenvalue weighted by molar-refractivity contribution is 6.37. The van der Waals surface area contributed by atoms with E-state index >= 15 is 0 Å². The molecule has 3 rings (SSSR count). The Morgan fingerprint density at radius 3 is 1.89 bits per heavy atom. The van der Waals surface area contributed by atoms with E-state index in [1.165, 1.54) is 6.07 Å². The van der Waals surface area contributed by atoms with E-state index in [1.807, 2.05) is 0 Å². The lowest BCUT2D eigenvalue weighted by molar-refractivity contribution is -0.134. The Hall–Kier alpha value is -3.54. The number of esters is 2. The average molecular weight is 378 g/mol. The molecular formula is C22H18O6. The summed E-state index contributed by atoms with van der Waals surface area (Å²) in [4.78, 5) is 47.5. The normalized spacial score (nSPS) is 10.6. The van der Waals surface area contributed by atoms with Gasteiger partial charge in [0.15, 0.2) is 6.29 Å². The number of aldehydes is 1. The maximum absolute atomic E-state index is 12.2. The Kier molecular flexibility index (Phi) is 5.49. The van der Waals surface area contributed by atoms with Crippen molar-refractivity contribution in [3.05, 3.63) is 48.0 Å². The monoisotopic (exact) mass is 378 g/mol. The van der Waals surface area contributed by atoms with Gasteiger partial charge in [0.25, 0.3) is 0 Å². The third-order valence-electron chi connectivity index (χ3n) is 4.33. The molecule has 0 saturated heterocycles. The molecule has 0 aromatic heterocycles. The number of carbonyl (C=O) groups excluding carboxylic acids is 4. The Morgan fingerprint density at radius 2 is 1.32 bits per heavy atom. The van der Waals surface area contributed by atoms with Gasteiger partial charge in [0.05, 0.1) is 0 Å². The van der Waals surface area contributed by atoms with Gasteiger partial charge >= 0.3 is 11.9 Å². The number of Topliss-reactive ketones (excluding diaryl/α,β-unsaturated/α-hetero) is 1. The van der Waals surface area contributed by atoms with Gasteiger partial charge in [0, 0.05) is 39.9 Å². The number of carbonyl (C=O) groups is 4. The average Bonchev–Trinajstić information content (AvgIpc) is 2.74. The summed E-state index contributed by atoms with van der Waals surface area (Å²) in [6, 6.07) is 11.7. The molecule has 0 saturated carbocycles. The third kappa shape index (κ3) is 3.36. The van der Waals surface area contributed by atoms with Gasteiger partial charge in [-0.15, -0.1) is 0 Å². The van der Waals surface area contributed by atoms with Gasteiger partial charge in [-0.3, -0.25) is 19.2 Å². The topological polar surface area (TPSA) is 86.7 Å². The van der Waals surface area contributed by atoms with Crippen LogP contribution in [-0.2, 0) is 14.4 Å². The van der Waals surface area contributed by atoms with Crippen molar-refractivity contribution >= 4 is 45.6 Å². The molecule has 6 heteroatoms. The molecule has 0 bridgehead atoms. The summed E-state index contributed by atoms with van der Waals surface area (Å²) in [6.07, 6.45) is 0.495. The first-order valence-corrected chi connectivity index (χ1v) is 8.90. The Morgan fingerprint density at radius 1 is 0.786 bits per heavy atom. The minimum Gasteiger partial charge on any atom is -0.425 e. The molecule has 0 amide bonds. The molecule has 0 aliphatic carbocycles. The summed E-state index contributed by atoms with van der Waals surface area (Å²) in [5.41, 5.74) is 0.0750. The molecular weight excluding hydrogens is 360 g/mol. The summed E-state index contributed by atoms with van der Waals surface area (Å²) < 4.78 is 11.1. The second kappa shape index (κ2) is 8.00. The van der Waals surface area contributed by atoms with Crippen LogP contribution >= 0.6 is 0 Å². The number of benzene rings is 3. The quantitative estimate of drug-likeness (QED) is 0.161. The smallest absolute Gasteiger partial charge is 0.310 e. The van der Waals surface area contributed by atoms with E-state index in [4.69, 9.17) is 9.47 Å². The molecule has 142 valence electrons. The SMILES string of the molecule is CCC(=O)Oc1c2ccccc2c(OC(=O)CC)c2c(C(=O)C=O)cccc12. The number of rotatable bonds is 6. The van der Waals surface area contributed by atoms with Crippen LogP contribution in [0.3, 0.4) is 0 Å². The van der Waals surface area contributed by atoms with Crippen LogP contribution in [0.25, 0.3) is 21.5 Å². The highest BCUT2D eigenvalue weighted by atomic mass is 16.5. The number of hydrogen-bond donors (Lipinski definition) is 0. The molecule has 0 radical (unpaired) electrons. The van der Waals surface area contributed by atoms with Crippen LogP contribution in [0.5, 0.6) is 11.5 Å². The van der Waals surface area contributed by atoms with Crippen molar-refractivity contribution in [3.8, 4) is 11.5 Å². The van der Waals surface area contributed by atoms with Crippen molar-refractivity contribution in [2.24, 2.45) is 0 Å². The molecule has 0 aliphatic rings. The Bertz CT molecular complexity index is 1110. The summed E-state index contributed by atoms with van der Waals surface area (Å²) in [5.74, 6) is -1.27. The van der Waals surface area contributed by atoms with Crippen LogP contribution in [0, 0.1) is 0 Å². The van der Waals surface area contributed by atoms with Gasteiger partial charge in [0.2, 0.25) is 5.78 Å². The standard InChI is InChI=1S/C22H18O6/c1-3-18(25)27-21-13-8-5-6-9-14(13)22(28-19(26)4-2)20-15(17(24)12-23)10-7-11-16(20)21/h5-12H,3-4H2,1-2H3. The zero-order chi connectivity index (χ0) is 20.3. The van der Waals surface area contributed by atoms with E-state index in [9.17, 15) is 19.2 Å². The molecule has 0 aliphatic heterocycles. The molecule has 0 unspecified atom stereocenters. The number of ether oxygens (including phenoxy) is 2. The van der Waals surface area contributed by atoms with Crippen LogP contribution in [0.2, 0.25) is 0 Å². The van der Waals surface area contributed by atoms with Gasteiger partial charge in [-0.2, -0.15) is 0 Å². The van der Waals surface area contributed by atoms with E-state index in [2.05, 4.69) is 0 Å². The zero-order valence-corrected chi connectivity index (χ0v) is 15.5. The van der Waals surface area contributed by atoms with Gasteiger partial charge in [-0.1, -0.05) is 56.3 Å². The summed E-state index contributed by atoms with van der Waals surface area (Å²) in [5, 5.41) is 1.74. The van der Waals surface area contributed by atoms with Crippen LogP contribution in [-0.4, -0.2) is 24.0 Å². The van der Waals surface area contributed by atoms with Crippen molar-refractivity contribution in [2.45, 2.75) is 26.7 Å². The predicted molar refractivity (Wildman–Crippen MR) is 104 cm³/mol. The first-order chi connectivity index (χ1) is 13.5. The first-order valence-electron chi connectivity index (χ1n) is 8.90. The van der Waals surface area contributed by atoms with Crippen molar-refractivity contribution in [1.29, 1.82) is 0 Å². The van der Waals surface area contributed by atoms with Crippen LogP contribution in [0.15, 0.2) is 42.5 Å². The Labute approximate surface area is 161 Å². The van der Waals surface area contributed by atoms with Crippen LogP contribution in [0.4, 0.5) is 0 Å². The highest BCUT2D eigenvalue weighted by Crippen LogP contribution is 2.44. The fourth-order valence-corrected chi connectivity index (χ4v) is 3.00. The van der Waals surface area contributed by atoms with Crippen molar-refractivity contribution in [1.82, 2.24) is 0 Å². The number of ketones is 1. The molecule has 3 aromatic rings. The van der Waals surface area contributed by atoms with Crippen LogP contribution < -0.4 is 9.47 Å². The molecule has 0 atom stereocenters. The van der Waals surface area contributed by atoms with E-state index in [0.29, 0.717) is 16.2 Å². The fraction of sp³-hybridized carbons (Fsp3) is 0.182. The lowest BCUT2D eigenvalue weighted by atomic mass is 9.95. The van der Waals surface area contributed by atoms with Gasteiger partial charge in [-0.05, 0) is 0 Å². The second-order valence-electron chi connectivity index (χ2n) is 6.07. The van der Waals surface area contributed by atoms with Gasteiger partial charge in [0.1, 0.15) is 11.5 Å². The van der Waals surface area contributed by atoms with E-state index < -0.39 is 17.7 Å². The van der Waals surface area contributed by atoms with Gasteiger partial charge in [-0.25, -0.2) is 0 Å². The van der Waals surface area contributed by atoms with Crippen molar-refractivity contribution in [3.63, 3.8) is 0 Å². The van der Waals surface area contributed by atoms with Crippen molar-refractivity contribution < 1.29 is 28.7 Å². The summed E-state index contributed by atoms with van der Waals surface area (Å²) in [6.45, 7) is 3.33. The van der Waals surface area contributed by atoms with Crippen molar-refractivity contribution in [2.75, 3.05) is 0 Å². The first kappa shape index (κ1) is 19.2. The maximum Gasteiger partial charge on any atom is 0.310 e. The molecule has 0 fully saturated rings. The predicted octanol–water partition coefficient (Wildman–Crippen LogP) is 4.01. The van der Waals surface area contributed by atoms with Crippen LogP contribution in [0.1, 0.15) is 37.0 Å². The minimum absolute atomic E-state index is 0.0750. The lowest BCUT2D eigenvalue weighted by Crippen LogP contribution is -2.11. The largest absolute Gasteiger partial charge is 0.425 e. The Balaban J connectivity index is 2.51. The molecule has 0 heterocycles. The van der Waals surface area contributed by atoms with E-state index in [-0.39, 0.29) is 41.6 Å². The van der Waals surface area contributed by atoms with Gasteiger partial charge < -0.3 is 9.47 Å². The summed E-state index contributed by atoms with van der Waals surface area (Å²) in [7, 11) is 0. The van der Waals surface area contributed by atoms with E-state index in [1.54, 1.807) is 50.2 Å². The maximum atomic E-state index is 12.2. The third-order valence-corrected chi connectivity index (χ3v) is 4.33. The number of fused-ring (bicyclic) bond motifs is 2. The number of hydrogen-bond acceptors (Lipinski definition) is 6. The summed E-state index contributed by atoms with van der Waals surface area (Å²) >= 11 is 0. The fourth-order valence-electron chi connectivity index (χ4n) is 3.00. The molecule has 28 heavy (non-hydrogen) atoms. The highest BCUT2D eigenvalue weighted by Gasteiger charge is 2.23. The second-order valence-corrected chi connectivity index (χ2v) is 6.07. The van der Waals surface area contributed by atoms with E-state index in [0.717, 1.165) is 0 Å². The molecule has 6 nitrogen and oxygen atoms in total. The lowest BCUT2D eigenvalue weighted by Gasteiger charge is -2.17. The molecule has 3 aromatic carbocycles. The zero-order valence-electron chi connectivity index (χ0n) is 15.5.